The van der Waals surface area contributed by atoms with Gasteiger partial charge in [-0.15, -0.1) is 0 Å². The molecule has 4 heteroatoms. The zero-order valence-electron chi connectivity index (χ0n) is 11.7. The molecule has 0 fully saturated rings. The lowest BCUT2D eigenvalue weighted by molar-refractivity contribution is -0.127. The number of primary amides is 1. The fraction of sp³-hybridized carbons (Fsp3) is 0.923. The highest BCUT2D eigenvalue weighted by atomic mass is 16.5. The van der Waals surface area contributed by atoms with Crippen LogP contribution in [0.5, 0.6) is 0 Å². The van der Waals surface area contributed by atoms with Crippen LogP contribution in [-0.4, -0.2) is 31.2 Å². The Morgan fingerprint density at radius 1 is 1.41 bits per heavy atom. The molecule has 0 radical (unpaired) electrons. The first-order chi connectivity index (χ1) is 7.96. The predicted octanol–water partition coefficient (Wildman–Crippen LogP) is 1.83. The molecule has 0 rings (SSSR count). The summed E-state index contributed by atoms with van der Waals surface area (Å²) >= 11 is 0. The highest BCUT2D eigenvalue weighted by molar-refractivity contribution is 5.84. The van der Waals surface area contributed by atoms with Gasteiger partial charge in [0.25, 0.3) is 0 Å². The first-order valence-electron chi connectivity index (χ1n) is 6.56. The molecule has 0 aromatic heterocycles. The van der Waals surface area contributed by atoms with Gasteiger partial charge in [-0.3, -0.25) is 4.79 Å². The van der Waals surface area contributed by atoms with E-state index in [2.05, 4.69) is 12.2 Å². The van der Waals surface area contributed by atoms with Crippen LogP contribution in [0.4, 0.5) is 0 Å². The highest BCUT2D eigenvalue weighted by Gasteiger charge is 2.29. The van der Waals surface area contributed by atoms with Crippen molar-refractivity contribution in [1.29, 1.82) is 0 Å². The van der Waals surface area contributed by atoms with Gasteiger partial charge < -0.3 is 15.8 Å². The van der Waals surface area contributed by atoms with Gasteiger partial charge in [0.15, 0.2) is 0 Å². The van der Waals surface area contributed by atoms with Crippen LogP contribution in [-0.2, 0) is 9.53 Å². The van der Waals surface area contributed by atoms with Gasteiger partial charge in [0.1, 0.15) is 5.54 Å². The van der Waals surface area contributed by atoms with Crippen molar-refractivity contribution in [3.8, 4) is 0 Å². The molecule has 0 aromatic rings. The van der Waals surface area contributed by atoms with E-state index in [1.807, 2.05) is 6.92 Å². The molecule has 0 heterocycles. The van der Waals surface area contributed by atoms with E-state index in [4.69, 9.17) is 10.5 Å². The highest BCUT2D eigenvalue weighted by Crippen LogP contribution is 2.10. The van der Waals surface area contributed by atoms with Crippen molar-refractivity contribution in [2.24, 2.45) is 5.73 Å². The quantitative estimate of drug-likeness (QED) is 0.576. The molecule has 2 atom stereocenters. The first-order valence-corrected chi connectivity index (χ1v) is 6.56. The van der Waals surface area contributed by atoms with Gasteiger partial charge in [-0.05, 0) is 27.3 Å². The average molecular weight is 244 g/mol. The van der Waals surface area contributed by atoms with E-state index in [1.54, 1.807) is 14.0 Å². The Hall–Kier alpha value is -0.610. The summed E-state index contributed by atoms with van der Waals surface area (Å²) in [6.45, 7) is 6.33. The van der Waals surface area contributed by atoms with E-state index in [0.29, 0.717) is 6.61 Å². The minimum absolute atomic E-state index is 0.180. The van der Waals surface area contributed by atoms with Gasteiger partial charge in [0, 0.05) is 0 Å². The predicted molar refractivity (Wildman–Crippen MR) is 70.8 cm³/mol. The number of nitrogens with one attached hydrogen (secondary N) is 1. The Labute approximate surface area is 105 Å². The Bertz CT molecular complexity index is 221. The molecule has 17 heavy (non-hydrogen) atoms. The number of likely N-dealkylation sites (N-methyl/N-ethyl adjacent to an activating group) is 1. The number of ether oxygens (including phenoxy) is 1. The molecule has 4 nitrogen and oxygen atoms in total. The smallest absolute Gasteiger partial charge is 0.239 e. The van der Waals surface area contributed by atoms with Crippen LogP contribution in [0.3, 0.4) is 0 Å². The summed E-state index contributed by atoms with van der Waals surface area (Å²) in [5.41, 5.74) is 4.56. The maximum Gasteiger partial charge on any atom is 0.239 e. The topological polar surface area (TPSA) is 64.3 Å². The van der Waals surface area contributed by atoms with E-state index >= 15 is 0 Å². The monoisotopic (exact) mass is 244 g/mol. The number of unbranched alkanes of at least 4 members (excludes halogenated alkanes) is 3. The Kier molecular flexibility index (Phi) is 8.17. The minimum Gasteiger partial charge on any atom is -0.376 e. The van der Waals surface area contributed by atoms with Crippen molar-refractivity contribution in [1.82, 2.24) is 5.32 Å². The van der Waals surface area contributed by atoms with E-state index in [9.17, 15) is 4.79 Å². The molecule has 0 saturated heterocycles. The van der Waals surface area contributed by atoms with Gasteiger partial charge in [0.2, 0.25) is 5.91 Å². The summed E-state index contributed by atoms with van der Waals surface area (Å²) in [5, 5.41) is 2.91. The van der Waals surface area contributed by atoms with Gasteiger partial charge >= 0.3 is 0 Å². The average Bonchev–Trinajstić information content (AvgIpc) is 2.31. The van der Waals surface area contributed by atoms with Gasteiger partial charge in [0.05, 0.1) is 12.7 Å². The number of hydrogen-bond acceptors (Lipinski definition) is 3. The second-order valence-electron chi connectivity index (χ2n) is 4.92. The Morgan fingerprint density at radius 3 is 2.53 bits per heavy atom. The normalized spacial score (nSPS) is 16.5. The molecule has 0 aliphatic rings. The van der Waals surface area contributed by atoms with Gasteiger partial charge in [-0.2, -0.15) is 0 Å². The third-order valence-electron chi connectivity index (χ3n) is 3.22. The minimum atomic E-state index is -0.766. The first kappa shape index (κ1) is 16.4. The molecule has 0 aliphatic carbocycles. The summed E-state index contributed by atoms with van der Waals surface area (Å²) in [6.07, 6.45) is 6.18. The fourth-order valence-electron chi connectivity index (χ4n) is 1.52. The number of hydrogen-bond donors (Lipinski definition) is 2. The second-order valence-corrected chi connectivity index (χ2v) is 4.92. The summed E-state index contributed by atoms with van der Waals surface area (Å²) < 4.78 is 5.68. The maximum absolute atomic E-state index is 11.2. The molecule has 0 bridgehead atoms. The molecule has 102 valence electrons. The number of rotatable bonds is 10. The van der Waals surface area contributed by atoms with Crippen molar-refractivity contribution in [2.75, 3.05) is 13.7 Å². The van der Waals surface area contributed by atoms with Crippen LogP contribution in [0.1, 0.15) is 52.9 Å². The summed E-state index contributed by atoms with van der Waals surface area (Å²) in [5.74, 6) is -0.377. The van der Waals surface area contributed by atoms with Gasteiger partial charge in [-0.1, -0.05) is 32.6 Å². The van der Waals surface area contributed by atoms with Crippen LogP contribution in [0.2, 0.25) is 0 Å². The van der Waals surface area contributed by atoms with Crippen molar-refractivity contribution >= 4 is 5.91 Å². The van der Waals surface area contributed by atoms with Crippen molar-refractivity contribution < 1.29 is 9.53 Å². The van der Waals surface area contributed by atoms with E-state index < -0.39 is 5.54 Å². The van der Waals surface area contributed by atoms with E-state index in [-0.39, 0.29) is 12.0 Å². The Balaban J connectivity index is 3.81. The third-order valence-corrected chi connectivity index (χ3v) is 3.22. The second kappa shape index (κ2) is 8.48. The molecule has 0 aromatic carbocycles. The molecular weight excluding hydrogens is 216 g/mol. The standard InChI is InChI=1S/C13H28N2O2/c1-5-6-7-8-9-11(2)17-10-13(3,15-4)12(14)16/h11,15H,5-10H2,1-4H3,(H2,14,16). The molecular formula is C13H28N2O2. The van der Waals surface area contributed by atoms with Crippen LogP contribution in [0, 0.1) is 0 Å². The number of amides is 1. The zero-order valence-corrected chi connectivity index (χ0v) is 11.7. The molecule has 0 saturated carbocycles. The van der Waals surface area contributed by atoms with Crippen LogP contribution < -0.4 is 11.1 Å². The third kappa shape index (κ3) is 6.64. The summed E-state index contributed by atoms with van der Waals surface area (Å²) in [6, 6.07) is 0. The summed E-state index contributed by atoms with van der Waals surface area (Å²) in [4.78, 5) is 11.2. The van der Waals surface area contributed by atoms with Crippen LogP contribution >= 0.6 is 0 Å². The number of carbonyl (C=O) groups excluding carboxylic acids is 1. The molecule has 1 amide bonds. The van der Waals surface area contributed by atoms with Crippen molar-refractivity contribution in [3.05, 3.63) is 0 Å². The van der Waals surface area contributed by atoms with E-state index in [1.165, 1.54) is 25.7 Å². The summed E-state index contributed by atoms with van der Waals surface area (Å²) in [7, 11) is 1.72. The molecule has 2 unspecified atom stereocenters. The van der Waals surface area contributed by atoms with Gasteiger partial charge in [-0.25, -0.2) is 0 Å². The molecule has 0 aliphatic heterocycles. The maximum atomic E-state index is 11.2. The fourth-order valence-corrected chi connectivity index (χ4v) is 1.52. The zero-order chi connectivity index (χ0) is 13.3. The number of nitrogens with two attached hydrogens (primary N) is 1. The van der Waals surface area contributed by atoms with E-state index in [0.717, 1.165) is 6.42 Å². The lowest BCUT2D eigenvalue weighted by atomic mass is 10.0. The van der Waals surface area contributed by atoms with Crippen LogP contribution in [0.25, 0.3) is 0 Å². The molecule has 3 N–H and O–H groups in total. The lowest BCUT2D eigenvalue weighted by Gasteiger charge is -2.27. The van der Waals surface area contributed by atoms with Crippen LogP contribution in [0.15, 0.2) is 0 Å². The van der Waals surface area contributed by atoms with Crippen molar-refractivity contribution in [3.63, 3.8) is 0 Å². The number of carbonyl (C=O) groups is 1. The van der Waals surface area contributed by atoms with Crippen molar-refractivity contribution in [2.45, 2.75) is 64.5 Å². The SMILES string of the molecule is CCCCCCC(C)OCC(C)(NC)C(N)=O. The molecule has 0 spiro atoms. The Morgan fingerprint density at radius 2 is 2.06 bits per heavy atom. The largest absolute Gasteiger partial charge is 0.376 e. The lowest BCUT2D eigenvalue weighted by Crippen LogP contribution is -2.55.